The van der Waals surface area contributed by atoms with Crippen molar-refractivity contribution in [2.45, 2.75) is 26.1 Å². The number of anilines is 1. The molecule has 0 radical (unpaired) electrons. The van der Waals surface area contributed by atoms with Crippen LogP contribution in [0.2, 0.25) is 0 Å². The molecule has 0 heterocycles. The van der Waals surface area contributed by atoms with E-state index in [1.54, 1.807) is 20.3 Å². The van der Waals surface area contributed by atoms with Crippen LogP contribution < -0.4 is 10.1 Å². The molecule has 0 aromatic heterocycles. The normalized spacial score (nSPS) is 12.2. The number of hydrogen-bond acceptors (Lipinski definition) is 6. The summed E-state index contributed by atoms with van der Waals surface area (Å²) >= 11 is 0. The zero-order valence-corrected chi connectivity index (χ0v) is 12.8. The lowest BCUT2D eigenvalue weighted by atomic mass is 10.2. The molecule has 0 aliphatic carbocycles. The summed E-state index contributed by atoms with van der Waals surface area (Å²) in [4.78, 5) is 10.5. The van der Waals surface area contributed by atoms with Crippen molar-refractivity contribution in [1.82, 2.24) is 0 Å². The molecule has 21 heavy (non-hydrogen) atoms. The van der Waals surface area contributed by atoms with Crippen LogP contribution in [0, 0.1) is 10.1 Å². The third-order valence-corrected chi connectivity index (χ3v) is 2.69. The fourth-order valence-corrected chi connectivity index (χ4v) is 1.76. The average molecular weight is 298 g/mol. The first kappa shape index (κ1) is 17.2. The van der Waals surface area contributed by atoms with Crippen molar-refractivity contribution in [3.63, 3.8) is 0 Å². The molecule has 0 saturated heterocycles. The largest absolute Gasteiger partial charge is 0.491 e. The third kappa shape index (κ3) is 5.97. The van der Waals surface area contributed by atoms with Crippen LogP contribution >= 0.6 is 0 Å². The Kier molecular flexibility index (Phi) is 6.90. The highest BCUT2D eigenvalue weighted by Crippen LogP contribution is 2.26. The molecular formula is C14H22N2O5. The van der Waals surface area contributed by atoms with Gasteiger partial charge in [-0.3, -0.25) is 10.1 Å². The highest BCUT2D eigenvalue weighted by Gasteiger charge is 2.13. The van der Waals surface area contributed by atoms with E-state index in [-0.39, 0.29) is 17.9 Å². The quantitative estimate of drug-likeness (QED) is 0.557. The Bertz CT molecular complexity index is 465. The maximum atomic E-state index is 11.0. The maximum absolute atomic E-state index is 11.0. The topological polar surface area (TPSA) is 82.9 Å². The summed E-state index contributed by atoms with van der Waals surface area (Å²) in [6.07, 6.45) is -0.191. The van der Waals surface area contributed by atoms with Gasteiger partial charge in [-0.15, -0.1) is 0 Å². The van der Waals surface area contributed by atoms with Crippen LogP contribution in [-0.2, 0) is 9.47 Å². The molecule has 118 valence electrons. The van der Waals surface area contributed by atoms with Gasteiger partial charge in [0.15, 0.2) is 0 Å². The van der Waals surface area contributed by atoms with Gasteiger partial charge < -0.3 is 19.5 Å². The van der Waals surface area contributed by atoms with Gasteiger partial charge in [0, 0.05) is 38.6 Å². The Balaban J connectivity index is 2.84. The van der Waals surface area contributed by atoms with E-state index >= 15 is 0 Å². The van der Waals surface area contributed by atoms with Gasteiger partial charge in [-0.2, -0.15) is 0 Å². The number of nitrogens with one attached hydrogen (secondary N) is 1. The van der Waals surface area contributed by atoms with E-state index < -0.39 is 4.92 Å². The molecule has 0 aliphatic rings. The van der Waals surface area contributed by atoms with E-state index in [1.807, 2.05) is 13.8 Å². The summed E-state index contributed by atoms with van der Waals surface area (Å²) in [5, 5.41) is 14.1. The maximum Gasteiger partial charge on any atom is 0.275 e. The molecule has 1 aromatic rings. The van der Waals surface area contributed by atoms with Crippen LogP contribution in [0.1, 0.15) is 13.8 Å². The number of nitro groups is 1. The average Bonchev–Trinajstić information content (AvgIpc) is 2.42. The third-order valence-electron chi connectivity index (χ3n) is 2.69. The molecular weight excluding hydrogens is 276 g/mol. The van der Waals surface area contributed by atoms with Crippen LogP contribution in [0.3, 0.4) is 0 Å². The zero-order chi connectivity index (χ0) is 15.8. The van der Waals surface area contributed by atoms with Gasteiger partial charge in [0.25, 0.3) is 5.69 Å². The SMILES string of the molecule is COCC(CNc1cc(OC(C)C)cc([N+](=O)[O-])c1)OC. The van der Waals surface area contributed by atoms with Crippen LogP contribution in [-0.4, -0.2) is 44.5 Å². The molecule has 7 nitrogen and oxygen atoms in total. The lowest BCUT2D eigenvalue weighted by molar-refractivity contribution is -0.384. The molecule has 1 unspecified atom stereocenters. The standard InChI is InChI=1S/C14H22N2O5/c1-10(2)21-13-6-11(5-12(7-13)16(17)18)15-8-14(20-4)9-19-3/h5-7,10,14-15H,8-9H2,1-4H3. The minimum atomic E-state index is -0.443. The molecule has 0 fully saturated rings. The summed E-state index contributed by atoms with van der Waals surface area (Å²) < 4.78 is 15.8. The molecule has 0 amide bonds. The number of non-ortho nitro benzene ring substituents is 1. The van der Waals surface area contributed by atoms with Gasteiger partial charge >= 0.3 is 0 Å². The summed E-state index contributed by atoms with van der Waals surface area (Å²) in [7, 11) is 3.18. The van der Waals surface area contributed by atoms with Crippen LogP contribution in [0.5, 0.6) is 5.75 Å². The molecule has 1 N–H and O–H groups in total. The first-order chi connectivity index (χ1) is 9.96. The van der Waals surface area contributed by atoms with Gasteiger partial charge in [0.05, 0.1) is 29.8 Å². The Morgan fingerprint density at radius 1 is 1.29 bits per heavy atom. The molecule has 0 aliphatic heterocycles. The van der Waals surface area contributed by atoms with Crippen LogP contribution in [0.25, 0.3) is 0 Å². The summed E-state index contributed by atoms with van der Waals surface area (Å²) in [5.41, 5.74) is 0.592. The minimum Gasteiger partial charge on any atom is -0.491 e. The predicted octanol–water partition coefficient (Wildman–Crippen LogP) is 2.46. The van der Waals surface area contributed by atoms with Gasteiger partial charge in [0.2, 0.25) is 0 Å². The van der Waals surface area contributed by atoms with Crippen molar-refractivity contribution in [2.24, 2.45) is 0 Å². The number of nitro benzene ring substituents is 1. The Hall–Kier alpha value is -1.86. The second-order valence-corrected chi connectivity index (χ2v) is 4.83. The molecule has 0 bridgehead atoms. The fraction of sp³-hybridized carbons (Fsp3) is 0.571. The molecule has 1 atom stereocenters. The van der Waals surface area contributed by atoms with Crippen molar-refractivity contribution in [1.29, 1.82) is 0 Å². The van der Waals surface area contributed by atoms with Crippen molar-refractivity contribution >= 4 is 11.4 Å². The first-order valence-electron chi connectivity index (χ1n) is 6.68. The zero-order valence-electron chi connectivity index (χ0n) is 12.8. The fourth-order valence-electron chi connectivity index (χ4n) is 1.76. The van der Waals surface area contributed by atoms with Gasteiger partial charge in [0.1, 0.15) is 5.75 Å². The van der Waals surface area contributed by atoms with E-state index in [1.165, 1.54) is 12.1 Å². The number of methoxy groups -OCH3 is 2. The Labute approximate surface area is 124 Å². The second-order valence-electron chi connectivity index (χ2n) is 4.83. The molecule has 7 heteroatoms. The summed E-state index contributed by atoms with van der Waals surface area (Å²) in [5.74, 6) is 0.461. The molecule has 0 saturated carbocycles. The Morgan fingerprint density at radius 2 is 2.00 bits per heavy atom. The van der Waals surface area contributed by atoms with Gasteiger partial charge in [-0.25, -0.2) is 0 Å². The van der Waals surface area contributed by atoms with Crippen LogP contribution in [0.4, 0.5) is 11.4 Å². The lowest BCUT2D eigenvalue weighted by Crippen LogP contribution is -2.26. The van der Waals surface area contributed by atoms with E-state index in [0.29, 0.717) is 24.6 Å². The summed E-state index contributed by atoms with van der Waals surface area (Å²) in [6, 6.07) is 4.60. The van der Waals surface area contributed by atoms with Crippen molar-refractivity contribution in [3.05, 3.63) is 28.3 Å². The lowest BCUT2D eigenvalue weighted by Gasteiger charge is -2.17. The number of nitrogens with zero attached hydrogens (tertiary/aromatic N) is 1. The highest BCUT2D eigenvalue weighted by atomic mass is 16.6. The van der Waals surface area contributed by atoms with Crippen LogP contribution in [0.15, 0.2) is 18.2 Å². The van der Waals surface area contributed by atoms with Crippen molar-refractivity contribution in [3.8, 4) is 5.75 Å². The van der Waals surface area contributed by atoms with Crippen molar-refractivity contribution < 1.29 is 19.1 Å². The molecule has 1 aromatic carbocycles. The van der Waals surface area contributed by atoms with E-state index in [4.69, 9.17) is 14.2 Å². The summed E-state index contributed by atoms with van der Waals surface area (Å²) in [6.45, 7) is 4.65. The number of ether oxygens (including phenoxy) is 3. The number of hydrogen-bond donors (Lipinski definition) is 1. The Morgan fingerprint density at radius 3 is 2.52 bits per heavy atom. The molecule has 0 spiro atoms. The van der Waals surface area contributed by atoms with Gasteiger partial charge in [-0.05, 0) is 13.8 Å². The van der Waals surface area contributed by atoms with Crippen molar-refractivity contribution in [2.75, 3.05) is 32.7 Å². The first-order valence-corrected chi connectivity index (χ1v) is 6.68. The predicted molar refractivity (Wildman–Crippen MR) is 80.0 cm³/mol. The highest BCUT2D eigenvalue weighted by molar-refractivity contribution is 5.56. The van der Waals surface area contributed by atoms with E-state index in [2.05, 4.69) is 5.32 Å². The monoisotopic (exact) mass is 298 g/mol. The number of rotatable bonds is 9. The van der Waals surface area contributed by atoms with Gasteiger partial charge in [-0.1, -0.05) is 0 Å². The number of benzene rings is 1. The smallest absolute Gasteiger partial charge is 0.275 e. The second kappa shape index (κ2) is 8.43. The molecule has 1 rings (SSSR count). The van der Waals surface area contributed by atoms with E-state index in [0.717, 1.165) is 0 Å². The minimum absolute atomic E-state index is 0.0173. The van der Waals surface area contributed by atoms with E-state index in [9.17, 15) is 10.1 Å².